The minimum atomic E-state index is -1.68. The average Bonchev–Trinajstić information content (AvgIpc) is 2.10. The van der Waals surface area contributed by atoms with E-state index >= 15 is 0 Å². The van der Waals surface area contributed by atoms with Crippen LogP contribution in [0.15, 0.2) is 0 Å². The van der Waals surface area contributed by atoms with E-state index in [2.05, 4.69) is 46.1 Å². The van der Waals surface area contributed by atoms with Crippen molar-refractivity contribution >= 4 is 8.32 Å². The Hall–Kier alpha value is 0.0969. The lowest BCUT2D eigenvalue weighted by atomic mass is 9.95. The molecule has 1 fully saturated rings. The molecule has 0 spiro atoms. The molecule has 0 aromatic rings. The molecule has 96 valence electrons. The molecule has 0 saturated carbocycles. The van der Waals surface area contributed by atoms with Gasteiger partial charge in [0.15, 0.2) is 8.32 Å². The molecule has 1 aliphatic rings. The van der Waals surface area contributed by atoms with E-state index in [4.69, 9.17) is 10.2 Å². The minimum absolute atomic E-state index is 0.137. The highest BCUT2D eigenvalue weighted by Crippen LogP contribution is 2.38. The lowest BCUT2D eigenvalue weighted by Gasteiger charge is -2.44. The van der Waals surface area contributed by atoms with Crippen molar-refractivity contribution in [3.05, 3.63) is 0 Å². The molecule has 1 heterocycles. The molecule has 0 unspecified atom stereocenters. The predicted octanol–water partition coefficient (Wildman–Crippen LogP) is 1.94. The van der Waals surface area contributed by atoms with Crippen molar-refractivity contribution in [2.75, 3.05) is 13.1 Å². The van der Waals surface area contributed by atoms with Crippen molar-refractivity contribution < 1.29 is 4.43 Å². The highest BCUT2D eigenvalue weighted by Gasteiger charge is 2.42. The largest absolute Gasteiger partial charge is 0.412 e. The van der Waals surface area contributed by atoms with E-state index in [0.717, 1.165) is 13.1 Å². The average molecular weight is 244 g/mol. The van der Waals surface area contributed by atoms with Crippen molar-refractivity contribution in [1.29, 1.82) is 0 Å². The fourth-order valence-corrected chi connectivity index (χ4v) is 3.29. The van der Waals surface area contributed by atoms with Crippen LogP contribution in [0.25, 0.3) is 0 Å². The fourth-order valence-electron chi connectivity index (χ4n) is 1.85. The maximum atomic E-state index is 6.44. The summed E-state index contributed by atoms with van der Waals surface area (Å²) in [6.45, 7) is 15.5. The first-order chi connectivity index (χ1) is 7.15. The number of hydrogen-bond donors (Lipinski definition) is 2. The van der Waals surface area contributed by atoms with E-state index in [-0.39, 0.29) is 17.2 Å². The maximum absolute atomic E-state index is 6.44. The molecule has 16 heavy (non-hydrogen) atoms. The molecule has 0 amide bonds. The predicted molar refractivity (Wildman–Crippen MR) is 72.1 cm³/mol. The third-order valence-electron chi connectivity index (χ3n) is 4.07. The zero-order chi connectivity index (χ0) is 12.6. The van der Waals surface area contributed by atoms with Crippen LogP contribution in [0.2, 0.25) is 18.1 Å². The van der Waals surface area contributed by atoms with Gasteiger partial charge in [-0.3, -0.25) is 0 Å². The van der Waals surface area contributed by atoms with Crippen molar-refractivity contribution in [2.24, 2.45) is 11.7 Å². The van der Waals surface area contributed by atoms with E-state index in [1.165, 1.54) is 0 Å². The highest BCUT2D eigenvalue weighted by molar-refractivity contribution is 6.74. The molecule has 0 radical (unpaired) electrons. The monoisotopic (exact) mass is 244 g/mol. The number of piperidine rings is 1. The Morgan fingerprint density at radius 3 is 2.25 bits per heavy atom. The molecule has 3 nitrogen and oxygen atoms in total. The van der Waals surface area contributed by atoms with Gasteiger partial charge in [0.2, 0.25) is 0 Å². The van der Waals surface area contributed by atoms with Crippen LogP contribution in [0.3, 0.4) is 0 Å². The first-order valence-corrected chi connectivity index (χ1v) is 9.20. The summed E-state index contributed by atoms with van der Waals surface area (Å²) in [7, 11) is -1.68. The Balaban J connectivity index is 2.71. The van der Waals surface area contributed by atoms with Crippen molar-refractivity contribution in [3.8, 4) is 0 Å². The van der Waals surface area contributed by atoms with Gasteiger partial charge in [-0.05, 0) is 24.1 Å². The van der Waals surface area contributed by atoms with Gasteiger partial charge in [-0.2, -0.15) is 0 Å². The second kappa shape index (κ2) is 4.76. The van der Waals surface area contributed by atoms with Crippen LogP contribution in [0.4, 0.5) is 0 Å². The Kier molecular flexibility index (Phi) is 4.22. The summed E-state index contributed by atoms with van der Waals surface area (Å²) < 4.78 is 6.44. The van der Waals surface area contributed by atoms with E-state index in [9.17, 15) is 0 Å². The van der Waals surface area contributed by atoms with Gasteiger partial charge in [-0.25, -0.2) is 0 Å². The van der Waals surface area contributed by atoms with Crippen LogP contribution >= 0.6 is 0 Å². The van der Waals surface area contributed by atoms with Crippen LogP contribution in [0.5, 0.6) is 0 Å². The molecule has 0 aliphatic carbocycles. The zero-order valence-corrected chi connectivity index (χ0v) is 12.6. The van der Waals surface area contributed by atoms with Crippen LogP contribution in [0, 0.1) is 5.92 Å². The van der Waals surface area contributed by atoms with Gasteiger partial charge in [0, 0.05) is 19.1 Å². The SMILES string of the molecule is C[C@H]1CNC[C@@H](N)[C@@H]1O[Si](C)(C)C(C)(C)C. The van der Waals surface area contributed by atoms with E-state index in [0.29, 0.717) is 5.92 Å². The van der Waals surface area contributed by atoms with Crippen LogP contribution < -0.4 is 11.1 Å². The van der Waals surface area contributed by atoms with Gasteiger partial charge >= 0.3 is 0 Å². The third kappa shape index (κ3) is 3.06. The molecule has 0 aromatic carbocycles. The molecule has 4 heteroatoms. The molecule has 0 bridgehead atoms. The molecule has 1 saturated heterocycles. The summed E-state index contributed by atoms with van der Waals surface area (Å²) in [6, 6.07) is 0.137. The smallest absolute Gasteiger partial charge is 0.192 e. The Labute approximate surface area is 101 Å². The van der Waals surface area contributed by atoms with Crippen molar-refractivity contribution in [3.63, 3.8) is 0 Å². The summed E-state index contributed by atoms with van der Waals surface area (Å²) in [5, 5.41) is 3.61. The third-order valence-corrected chi connectivity index (χ3v) is 8.54. The standard InChI is InChI=1S/C12H28N2OSi/c1-9-7-14-8-10(13)11(9)15-16(5,6)12(2,3)4/h9-11,14H,7-8,13H2,1-6H3/t9-,10+,11+/m0/s1. The zero-order valence-electron chi connectivity index (χ0n) is 11.6. The summed E-state index contributed by atoms with van der Waals surface area (Å²) in [4.78, 5) is 0. The summed E-state index contributed by atoms with van der Waals surface area (Å²) in [5.41, 5.74) is 6.15. The van der Waals surface area contributed by atoms with E-state index in [1.54, 1.807) is 0 Å². The first kappa shape index (κ1) is 14.2. The maximum Gasteiger partial charge on any atom is 0.192 e. The number of nitrogens with one attached hydrogen (secondary N) is 1. The molecule has 0 aromatic heterocycles. The van der Waals surface area contributed by atoms with Gasteiger partial charge in [0.05, 0.1) is 6.10 Å². The van der Waals surface area contributed by atoms with E-state index in [1.807, 2.05) is 0 Å². The molecular weight excluding hydrogens is 216 g/mol. The van der Waals surface area contributed by atoms with Gasteiger partial charge in [0.25, 0.3) is 0 Å². The molecule has 1 aliphatic heterocycles. The van der Waals surface area contributed by atoms with Gasteiger partial charge in [0.1, 0.15) is 0 Å². The summed E-state index contributed by atoms with van der Waals surface area (Å²) >= 11 is 0. The van der Waals surface area contributed by atoms with Crippen molar-refractivity contribution in [2.45, 2.75) is 58.0 Å². The lowest BCUT2D eigenvalue weighted by Crippen LogP contribution is -2.59. The summed E-state index contributed by atoms with van der Waals surface area (Å²) in [5.74, 6) is 0.512. The molecule has 3 N–H and O–H groups in total. The number of nitrogens with two attached hydrogens (primary N) is 1. The van der Waals surface area contributed by atoms with Crippen LogP contribution in [0.1, 0.15) is 27.7 Å². The number of hydrogen-bond acceptors (Lipinski definition) is 3. The highest BCUT2D eigenvalue weighted by atomic mass is 28.4. The Morgan fingerprint density at radius 2 is 1.81 bits per heavy atom. The normalized spacial score (nSPS) is 32.8. The molecule has 1 rings (SSSR count). The lowest BCUT2D eigenvalue weighted by molar-refractivity contribution is 0.0786. The van der Waals surface area contributed by atoms with Crippen LogP contribution in [-0.2, 0) is 4.43 Å². The topological polar surface area (TPSA) is 47.3 Å². The molecule has 3 atom stereocenters. The summed E-state index contributed by atoms with van der Waals surface area (Å²) in [6.07, 6.45) is 0.224. The quantitative estimate of drug-likeness (QED) is 0.730. The Bertz CT molecular complexity index is 228. The fraction of sp³-hybridized carbons (Fsp3) is 1.00. The first-order valence-electron chi connectivity index (χ1n) is 6.29. The minimum Gasteiger partial charge on any atom is -0.412 e. The second-order valence-electron chi connectivity index (χ2n) is 6.64. The van der Waals surface area contributed by atoms with Crippen LogP contribution in [-0.4, -0.2) is 33.6 Å². The number of rotatable bonds is 2. The van der Waals surface area contributed by atoms with Gasteiger partial charge in [-0.1, -0.05) is 27.7 Å². The van der Waals surface area contributed by atoms with Gasteiger partial charge < -0.3 is 15.5 Å². The second-order valence-corrected chi connectivity index (χ2v) is 11.4. The van der Waals surface area contributed by atoms with Crippen molar-refractivity contribution in [1.82, 2.24) is 5.32 Å². The molecular formula is C12H28N2OSi. The Morgan fingerprint density at radius 1 is 1.25 bits per heavy atom. The van der Waals surface area contributed by atoms with E-state index < -0.39 is 8.32 Å². The van der Waals surface area contributed by atoms with Gasteiger partial charge in [-0.15, -0.1) is 0 Å².